The first-order chi connectivity index (χ1) is 12.9. The van der Waals surface area contributed by atoms with Crippen molar-refractivity contribution in [2.45, 2.75) is 19.3 Å². The van der Waals surface area contributed by atoms with Crippen molar-refractivity contribution in [3.8, 4) is 0 Å². The van der Waals surface area contributed by atoms with Gasteiger partial charge in [-0.15, -0.1) is 0 Å². The van der Waals surface area contributed by atoms with E-state index in [0.717, 1.165) is 32.1 Å². The third-order valence-corrected chi connectivity index (χ3v) is 5.03. The minimum atomic E-state index is -0.563. The number of nitrogens with two attached hydrogens (primary N) is 1. The van der Waals surface area contributed by atoms with E-state index >= 15 is 0 Å². The first kappa shape index (κ1) is 19.4. The molecule has 0 spiro atoms. The van der Waals surface area contributed by atoms with Crippen LogP contribution in [0.25, 0.3) is 0 Å². The van der Waals surface area contributed by atoms with Gasteiger partial charge in [-0.05, 0) is 18.2 Å². The van der Waals surface area contributed by atoms with Crippen LogP contribution in [0.3, 0.4) is 0 Å². The standard InChI is InChI=1S/C19H24ClFN6/c1-19(2,16-14(20)5-3-6-15(16)21)13-25-17(22)26-9-11-27(12-10-26)18-23-7-4-8-24-18/h3-8H,9-13H2,1-2H3,(H2,22,25). The normalized spacial score (nSPS) is 15.9. The number of aromatic nitrogens is 2. The lowest BCUT2D eigenvalue weighted by atomic mass is 9.84. The lowest BCUT2D eigenvalue weighted by Crippen LogP contribution is -2.51. The average molecular weight is 391 g/mol. The van der Waals surface area contributed by atoms with Crippen molar-refractivity contribution in [3.05, 3.63) is 53.1 Å². The van der Waals surface area contributed by atoms with Crippen LogP contribution in [0.2, 0.25) is 5.02 Å². The number of benzene rings is 1. The molecule has 2 aromatic rings. The lowest BCUT2D eigenvalue weighted by molar-refractivity contribution is 0.376. The molecule has 1 saturated heterocycles. The Bertz CT molecular complexity index is 783. The quantitative estimate of drug-likeness (QED) is 0.642. The Balaban J connectivity index is 1.63. The van der Waals surface area contributed by atoms with E-state index in [1.807, 2.05) is 18.7 Å². The van der Waals surface area contributed by atoms with Crippen molar-refractivity contribution in [2.75, 3.05) is 37.6 Å². The number of rotatable bonds is 4. The Kier molecular flexibility index (Phi) is 5.79. The van der Waals surface area contributed by atoms with Gasteiger partial charge < -0.3 is 15.5 Å². The van der Waals surface area contributed by atoms with Crippen LogP contribution in [-0.4, -0.2) is 53.6 Å². The van der Waals surface area contributed by atoms with Crippen LogP contribution >= 0.6 is 11.6 Å². The summed E-state index contributed by atoms with van der Waals surface area (Å²) < 4.78 is 14.2. The van der Waals surface area contributed by atoms with Gasteiger partial charge in [0.05, 0.1) is 6.54 Å². The van der Waals surface area contributed by atoms with Crippen molar-refractivity contribution in [1.82, 2.24) is 14.9 Å². The predicted octanol–water partition coefficient (Wildman–Crippen LogP) is 2.68. The van der Waals surface area contributed by atoms with Gasteiger partial charge in [0.2, 0.25) is 5.95 Å². The largest absolute Gasteiger partial charge is 0.370 e. The molecule has 1 fully saturated rings. The summed E-state index contributed by atoms with van der Waals surface area (Å²) in [7, 11) is 0. The third kappa shape index (κ3) is 4.47. The van der Waals surface area contributed by atoms with E-state index in [-0.39, 0.29) is 5.82 Å². The molecule has 1 aliphatic heterocycles. The first-order valence-electron chi connectivity index (χ1n) is 8.90. The number of hydrogen-bond donors (Lipinski definition) is 1. The minimum Gasteiger partial charge on any atom is -0.370 e. The third-order valence-electron chi connectivity index (χ3n) is 4.71. The summed E-state index contributed by atoms with van der Waals surface area (Å²) in [5, 5.41) is 0.408. The van der Waals surface area contributed by atoms with E-state index in [9.17, 15) is 4.39 Å². The summed E-state index contributed by atoms with van der Waals surface area (Å²) in [5.41, 5.74) is 6.10. The summed E-state index contributed by atoms with van der Waals surface area (Å²) in [6.45, 7) is 7.17. The molecule has 6 nitrogen and oxygen atoms in total. The van der Waals surface area contributed by atoms with Gasteiger partial charge in [0, 0.05) is 54.6 Å². The molecule has 27 heavy (non-hydrogen) atoms. The summed E-state index contributed by atoms with van der Waals surface area (Å²) in [6.07, 6.45) is 3.47. The van der Waals surface area contributed by atoms with Crippen LogP contribution in [0, 0.1) is 5.82 Å². The van der Waals surface area contributed by atoms with Crippen LogP contribution in [-0.2, 0) is 5.41 Å². The molecule has 0 amide bonds. The second kappa shape index (κ2) is 8.08. The van der Waals surface area contributed by atoms with Crippen LogP contribution < -0.4 is 10.6 Å². The Morgan fingerprint density at radius 1 is 1.19 bits per heavy atom. The summed E-state index contributed by atoms with van der Waals surface area (Å²) >= 11 is 6.20. The second-order valence-corrected chi connectivity index (χ2v) is 7.59. The van der Waals surface area contributed by atoms with Gasteiger partial charge in [-0.2, -0.15) is 0 Å². The number of aliphatic imine (C=N–C) groups is 1. The molecule has 0 aliphatic carbocycles. The molecule has 8 heteroatoms. The molecule has 0 atom stereocenters. The molecule has 0 unspecified atom stereocenters. The Hall–Kier alpha value is -2.41. The van der Waals surface area contributed by atoms with Gasteiger partial charge in [-0.3, -0.25) is 4.99 Å². The highest BCUT2D eigenvalue weighted by Crippen LogP contribution is 2.32. The second-order valence-electron chi connectivity index (χ2n) is 7.18. The summed E-state index contributed by atoms with van der Waals surface area (Å²) in [5.74, 6) is 0.866. The van der Waals surface area contributed by atoms with Crippen LogP contribution in [0.1, 0.15) is 19.4 Å². The van der Waals surface area contributed by atoms with Crippen LogP contribution in [0.15, 0.2) is 41.7 Å². The molecular formula is C19H24ClFN6. The fraction of sp³-hybridized carbons (Fsp3) is 0.421. The SMILES string of the molecule is CC(C)(CN=C(N)N1CCN(c2ncccn2)CC1)c1c(F)cccc1Cl. The number of nitrogens with zero attached hydrogens (tertiary/aromatic N) is 5. The predicted molar refractivity (Wildman–Crippen MR) is 107 cm³/mol. The van der Waals surface area contributed by atoms with E-state index in [2.05, 4.69) is 19.9 Å². The Labute approximate surface area is 163 Å². The zero-order chi connectivity index (χ0) is 19.4. The van der Waals surface area contributed by atoms with Crippen molar-refractivity contribution in [3.63, 3.8) is 0 Å². The number of piperazine rings is 1. The number of guanidine groups is 1. The van der Waals surface area contributed by atoms with Gasteiger partial charge in [0.25, 0.3) is 0 Å². The zero-order valence-corrected chi connectivity index (χ0v) is 16.3. The smallest absolute Gasteiger partial charge is 0.225 e. The number of anilines is 1. The van der Waals surface area contributed by atoms with E-state index in [1.165, 1.54) is 6.07 Å². The molecular weight excluding hydrogens is 367 g/mol. The molecule has 3 rings (SSSR count). The molecule has 2 heterocycles. The Morgan fingerprint density at radius 3 is 2.48 bits per heavy atom. The number of halogens is 2. The Morgan fingerprint density at radius 2 is 1.85 bits per heavy atom. The summed E-state index contributed by atoms with van der Waals surface area (Å²) in [4.78, 5) is 17.2. The number of hydrogen-bond acceptors (Lipinski definition) is 4. The molecule has 0 saturated carbocycles. The van der Waals surface area contributed by atoms with E-state index < -0.39 is 5.41 Å². The fourth-order valence-electron chi connectivity index (χ4n) is 3.19. The van der Waals surface area contributed by atoms with Gasteiger partial charge in [0.15, 0.2) is 5.96 Å². The minimum absolute atomic E-state index is 0.322. The van der Waals surface area contributed by atoms with Crippen LogP contribution in [0.4, 0.5) is 10.3 Å². The molecule has 0 radical (unpaired) electrons. The maximum Gasteiger partial charge on any atom is 0.225 e. The van der Waals surface area contributed by atoms with E-state index in [0.29, 0.717) is 23.1 Å². The van der Waals surface area contributed by atoms with Gasteiger partial charge in [-0.25, -0.2) is 14.4 Å². The molecule has 1 aromatic heterocycles. The molecule has 1 aliphatic rings. The van der Waals surface area contributed by atoms with E-state index in [1.54, 1.807) is 30.6 Å². The lowest BCUT2D eigenvalue weighted by Gasteiger charge is -2.35. The first-order valence-corrected chi connectivity index (χ1v) is 9.27. The highest BCUT2D eigenvalue weighted by atomic mass is 35.5. The van der Waals surface area contributed by atoms with Gasteiger partial charge in [-0.1, -0.05) is 31.5 Å². The molecule has 2 N–H and O–H groups in total. The average Bonchev–Trinajstić information content (AvgIpc) is 2.67. The fourth-order valence-corrected chi connectivity index (χ4v) is 3.61. The van der Waals surface area contributed by atoms with Crippen LogP contribution in [0.5, 0.6) is 0 Å². The van der Waals surface area contributed by atoms with Gasteiger partial charge >= 0.3 is 0 Å². The van der Waals surface area contributed by atoms with Crippen molar-refractivity contribution in [1.29, 1.82) is 0 Å². The van der Waals surface area contributed by atoms with Crippen molar-refractivity contribution < 1.29 is 4.39 Å². The highest BCUT2D eigenvalue weighted by Gasteiger charge is 2.27. The summed E-state index contributed by atoms with van der Waals surface area (Å²) in [6, 6.07) is 6.51. The van der Waals surface area contributed by atoms with Crippen molar-refractivity contribution in [2.24, 2.45) is 10.7 Å². The highest BCUT2D eigenvalue weighted by molar-refractivity contribution is 6.31. The van der Waals surface area contributed by atoms with Gasteiger partial charge in [0.1, 0.15) is 5.82 Å². The maximum absolute atomic E-state index is 14.2. The maximum atomic E-state index is 14.2. The zero-order valence-electron chi connectivity index (χ0n) is 15.6. The topological polar surface area (TPSA) is 70.6 Å². The molecule has 1 aromatic carbocycles. The van der Waals surface area contributed by atoms with E-state index in [4.69, 9.17) is 17.3 Å². The molecule has 0 bridgehead atoms. The monoisotopic (exact) mass is 390 g/mol. The van der Waals surface area contributed by atoms with Crippen molar-refractivity contribution >= 4 is 23.5 Å². The molecule has 144 valence electrons.